The Bertz CT molecular complexity index is 290. The highest BCUT2D eigenvalue weighted by Gasteiger charge is 2.23. The summed E-state index contributed by atoms with van der Waals surface area (Å²) in [5.74, 6) is -0.448. The molecule has 0 bridgehead atoms. The normalized spacial score (nSPS) is 16.9. The molecule has 5 heteroatoms. The van der Waals surface area contributed by atoms with Gasteiger partial charge in [-0.2, -0.15) is 5.26 Å². The second-order valence-corrected chi connectivity index (χ2v) is 3.66. The number of nitriles is 1. The molecule has 1 unspecified atom stereocenters. The third kappa shape index (κ3) is 3.24. The number of carbonyl (C=O) groups excluding carboxylic acids is 2. The van der Waals surface area contributed by atoms with Crippen LogP contribution in [-0.2, 0) is 9.59 Å². The molecule has 0 aromatic heterocycles. The van der Waals surface area contributed by atoms with Gasteiger partial charge in [0, 0.05) is 13.1 Å². The van der Waals surface area contributed by atoms with E-state index in [1.165, 1.54) is 0 Å². The molecule has 0 aliphatic carbocycles. The first kappa shape index (κ1) is 11.5. The predicted molar refractivity (Wildman–Crippen MR) is 53.6 cm³/mol. The number of hydrogen-bond donors (Lipinski definition) is 1. The second-order valence-electron chi connectivity index (χ2n) is 3.66. The van der Waals surface area contributed by atoms with Gasteiger partial charge in [-0.1, -0.05) is 0 Å². The van der Waals surface area contributed by atoms with Crippen LogP contribution >= 0.6 is 0 Å². The molecule has 1 rings (SSSR count). The maximum absolute atomic E-state index is 11.7. The van der Waals surface area contributed by atoms with E-state index in [4.69, 9.17) is 5.26 Å². The van der Waals surface area contributed by atoms with Gasteiger partial charge in [0.05, 0.1) is 6.07 Å². The standard InChI is InChI=1S/C10H15N3O2/c1-8(12-9(14)4-5-11)10(15)13-6-2-3-7-13/h8H,2-4,6-7H2,1H3,(H,12,14). The Morgan fingerprint density at radius 3 is 2.60 bits per heavy atom. The highest BCUT2D eigenvalue weighted by Crippen LogP contribution is 2.08. The summed E-state index contributed by atoms with van der Waals surface area (Å²) in [5.41, 5.74) is 0. The van der Waals surface area contributed by atoms with Crippen LogP contribution < -0.4 is 5.32 Å². The van der Waals surface area contributed by atoms with Crippen molar-refractivity contribution >= 4 is 11.8 Å². The Labute approximate surface area is 89.0 Å². The van der Waals surface area contributed by atoms with Crippen LogP contribution in [-0.4, -0.2) is 35.8 Å². The Kier molecular flexibility index (Phi) is 4.10. The van der Waals surface area contributed by atoms with Crippen molar-refractivity contribution in [3.05, 3.63) is 0 Å². The minimum atomic E-state index is -0.524. The van der Waals surface area contributed by atoms with Gasteiger partial charge in [0.15, 0.2) is 0 Å². The first-order chi connectivity index (χ1) is 7.15. The van der Waals surface area contributed by atoms with E-state index in [1.807, 2.05) is 0 Å². The van der Waals surface area contributed by atoms with Crippen molar-refractivity contribution in [3.8, 4) is 6.07 Å². The molecule has 1 atom stereocenters. The average molecular weight is 209 g/mol. The zero-order chi connectivity index (χ0) is 11.3. The summed E-state index contributed by atoms with van der Waals surface area (Å²) in [6.07, 6.45) is 1.87. The SMILES string of the molecule is CC(NC(=O)CC#N)C(=O)N1CCCC1. The van der Waals surface area contributed by atoms with Gasteiger partial charge in [-0.05, 0) is 19.8 Å². The molecule has 2 amide bonds. The lowest BCUT2D eigenvalue weighted by Crippen LogP contribution is -2.45. The lowest BCUT2D eigenvalue weighted by molar-refractivity contribution is -0.134. The largest absolute Gasteiger partial charge is 0.344 e. The minimum absolute atomic E-state index is 0.0567. The van der Waals surface area contributed by atoms with Gasteiger partial charge in [-0.25, -0.2) is 0 Å². The highest BCUT2D eigenvalue weighted by molar-refractivity contribution is 5.88. The number of rotatable bonds is 3. The van der Waals surface area contributed by atoms with Crippen LogP contribution in [0.3, 0.4) is 0 Å². The van der Waals surface area contributed by atoms with E-state index in [0.717, 1.165) is 25.9 Å². The van der Waals surface area contributed by atoms with Crippen molar-refractivity contribution in [3.63, 3.8) is 0 Å². The summed E-state index contributed by atoms with van der Waals surface area (Å²) in [6, 6.07) is 1.22. The molecule has 0 spiro atoms. The van der Waals surface area contributed by atoms with Gasteiger partial charge in [0.2, 0.25) is 11.8 Å². The molecule has 1 fully saturated rings. The van der Waals surface area contributed by atoms with Gasteiger partial charge >= 0.3 is 0 Å². The Hall–Kier alpha value is -1.57. The van der Waals surface area contributed by atoms with Crippen molar-refractivity contribution in [2.45, 2.75) is 32.2 Å². The van der Waals surface area contributed by atoms with Crippen molar-refractivity contribution in [1.82, 2.24) is 10.2 Å². The monoisotopic (exact) mass is 209 g/mol. The third-order valence-electron chi connectivity index (χ3n) is 2.41. The lowest BCUT2D eigenvalue weighted by atomic mass is 10.2. The molecule has 5 nitrogen and oxygen atoms in total. The summed E-state index contributed by atoms with van der Waals surface area (Å²) < 4.78 is 0. The van der Waals surface area contributed by atoms with Gasteiger partial charge in [0.1, 0.15) is 12.5 Å². The third-order valence-corrected chi connectivity index (χ3v) is 2.41. The molecule has 1 aliphatic heterocycles. The van der Waals surface area contributed by atoms with Gasteiger partial charge in [-0.3, -0.25) is 9.59 Å². The van der Waals surface area contributed by atoms with Crippen molar-refractivity contribution in [1.29, 1.82) is 5.26 Å². The van der Waals surface area contributed by atoms with E-state index in [2.05, 4.69) is 5.32 Å². The molecule has 1 saturated heterocycles. The van der Waals surface area contributed by atoms with E-state index >= 15 is 0 Å². The number of nitrogens with one attached hydrogen (secondary N) is 1. The van der Waals surface area contributed by atoms with Crippen molar-refractivity contribution in [2.24, 2.45) is 0 Å². The summed E-state index contributed by atoms with van der Waals surface area (Å²) in [6.45, 7) is 3.20. The molecule has 0 radical (unpaired) electrons. The Morgan fingerprint density at radius 1 is 1.47 bits per heavy atom. The first-order valence-corrected chi connectivity index (χ1v) is 5.10. The van der Waals surface area contributed by atoms with E-state index in [9.17, 15) is 9.59 Å². The number of amides is 2. The fraction of sp³-hybridized carbons (Fsp3) is 0.700. The fourth-order valence-electron chi connectivity index (χ4n) is 1.64. The zero-order valence-corrected chi connectivity index (χ0v) is 8.82. The van der Waals surface area contributed by atoms with E-state index < -0.39 is 11.9 Å². The number of hydrogen-bond acceptors (Lipinski definition) is 3. The first-order valence-electron chi connectivity index (χ1n) is 5.10. The smallest absolute Gasteiger partial charge is 0.244 e. The number of carbonyl (C=O) groups is 2. The fourth-order valence-corrected chi connectivity index (χ4v) is 1.64. The Balaban J connectivity index is 2.39. The second kappa shape index (κ2) is 5.35. The highest BCUT2D eigenvalue weighted by atomic mass is 16.2. The Morgan fingerprint density at radius 2 is 2.07 bits per heavy atom. The van der Waals surface area contributed by atoms with Crippen LogP contribution in [0.25, 0.3) is 0 Å². The molecule has 1 heterocycles. The molecular formula is C10H15N3O2. The van der Waals surface area contributed by atoms with Gasteiger partial charge in [-0.15, -0.1) is 0 Å². The van der Waals surface area contributed by atoms with Crippen molar-refractivity contribution < 1.29 is 9.59 Å². The van der Waals surface area contributed by atoms with E-state index in [1.54, 1.807) is 17.9 Å². The number of nitrogens with zero attached hydrogens (tertiary/aromatic N) is 2. The van der Waals surface area contributed by atoms with Crippen LogP contribution in [0.5, 0.6) is 0 Å². The van der Waals surface area contributed by atoms with E-state index in [0.29, 0.717) is 0 Å². The molecule has 1 N–H and O–H groups in total. The summed E-state index contributed by atoms with van der Waals surface area (Å²) in [4.78, 5) is 24.5. The van der Waals surface area contributed by atoms with E-state index in [-0.39, 0.29) is 12.3 Å². The van der Waals surface area contributed by atoms with Gasteiger partial charge < -0.3 is 10.2 Å². The maximum atomic E-state index is 11.7. The maximum Gasteiger partial charge on any atom is 0.244 e. The van der Waals surface area contributed by atoms with Crippen LogP contribution in [0, 0.1) is 11.3 Å². The molecule has 0 saturated carbocycles. The molecule has 82 valence electrons. The number of likely N-dealkylation sites (tertiary alicyclic amines) is 1. The van der Waals surface area contributed by atoms with Crippen molar-refractivity contribution in [2.75, 3.05) is 13.1 Å². The predicted octanol–water partition coefficient (Wildman–Crippen LogP) is 0.0272. The molecule has 1 aliphatic rings. The van der Waals surface area contributed by atoms with Crippen LogP contribution in [0.15, 0.2) is 0 Å². The average Bonchev–Trinajstić information content (AvgIpc) is 2.69. The van der Waals surface area contributed by atoms with Crippen LogP contribution in [0.4, 0.5) is 0 Å². The van der Waals surface area contributed by atoms with Crippen LogP contribution in [0.1, 0.15) is 26.2 Å². The molecule has 15 heavy (non-hydrogen) atoms. The van der Waals surface area contributed by atoms with Crippen LogP contribution in [0.2, 0.25) is 0 Å². The summed E-state index contributed by atoms with van der Waals surface area (Å²) >= 11 is 0. The minimum Gasteiger partial charge on any atom is -0.344 e. The summed E-state index contributed by atoms with van der Waals surface area (Å²) in [7, 11) is 0. The summed E-state index contributed by atoms with van der Waals surface area (Å²) in [5, 5.41) is 10.8. The zero-order valence-electron chi connectivity index (χ0n) is 8.82. The lowest BCUT2D eigenvalue weighted by Gasteiger charge is -2.20. The molecular weight excluding hydrogens is 194 g/mol. The topological polar surface area (TPSA) is 73.2 Å². The quantitative estimate of drug-likeness (QED) is 0.712. The molecule has 0 aromatic carbocycles. The molecule has 0 aromatic rings. The van der Waals surface area contributed by atoms with Gasteiger partial charge in [0.25, 0.3) is 0 Å².